The van der Waals surface area contributed by atoms with Gasteiger partial charge in [-0.25, -0.2) is 4.39 Å². The Balaban J connectivity index is 1.93. The molecule has 3 nitrogen and oxygen atoms in total. The highest BCUT2D eigenvalue weighted by Crippen LogP contribution is 2.41. The Morgan fingerprint density at radius 2 is 1.81 bits per heavy atom. The monoisotopic (exact) mass is 303 g/mol. The van der Waals surface area contributed by atoms with Gasteiger partial charge in [-0.3, -0.25) is 9.69 Å². The molecule has 0 N–H and O–H groups in total. The molecule has 1 aliphatic rings. The topological polar surface area (TPSA) is 29.5 Å². The molecule has 1 atom stereocenters. The van der Waals surface area contributed by atoms with Crippen LogP contribution in [0.1, 0.15) is 10.9 Å². The number of hydrogen-bond acceptors (Lipinski definition) is 3. The maximum Gasteiger partial charge on any atom is 0.238 e. The number of halogens is 1. The molecule has 1 heterocycles. The number of ether oxygens (including phenoxy) is 1. The minimum Gasteiger partial charge on any atom is -0.497 e. The van der Waals surface area contributed by atoms with Gasteiger partial charge in [-0.2, -0.15) is 0 Å². The number of methoxy groups -OCH3 is 1. The smallest absolute Gasteiger partial charge is 0.238 e. The third-order valence-corrected chi connectivity index (χ3v) is 4.59. The van der Waals surface area contributed by atoms with E-state index in [0.29, 0.717) is 5.75 Å². The zero-order chi connectivity index (χ0) is 14.8. The molecule has 0 saturated carbocycles. The number of rotatable bonds is 3. The zero-order valence-corrected chi connectivity index (χ0v) is 12.3. The van der Waals surface area contributed by atoms with Gasteiger partial charge in [-0.05, 0) is 42.0 Å². The summed E-state index contributed by atoms with van der Waals surface area (Å²) in [5.74, 6) is 0.952. The molecule has 1 fully saturated rings. The maximum atomic E-state index is 13.1. The summed E-state index contributed by atoms with van der Waals surface area (Å²) in [7, 11) is 1.60. The summed E-state index contributed by atoms with van der Waals surface area (Å²) in [6, 6.07) is 13.7. The van der Waals surface area contributed by atoms with E-state index in [2.05, 4.69) is 0 Å². The minimum absolute atomic E-state index is 0.0551. The number of hydrogen-bond donors (Lipinski definition) is 0. The van der Waals surface area contributed by atoms with Crippen LogP contribution in [0.4, 0.5) is 10.1 Å². The highest BCUT2D eigenvalue weighted by atomic mass is 32.2. The van der Waals surface area contributed by atoms with Gasteiger partial charge in [0.05, 0.1) is 12.9 Å². The van der Waals surface area contributed by atoms with Crippen molar-refractivity contribution in [3.8, 4) is 5.75 Å². The van der Waals surface area contributed by atoms with Crippen molar-refractivity contribution in [3.05, 3.63) is 59.9 Å². The fraction of sp³-hybridized carbons (Fsp3) is 0.188. The largest absolute Gasteiger partial charge is 0.497 e. The second-order valence-electron chi connectivity index (χ2n) is 4.68. The van der Waals surface area contributed by atoms with Gasteiger partial charge in [-0.1, -0.05) is 12.1 Å². The van der Waals surface area contributed by atoms with Gasteiger partial charge in [0.1, 0.15) is 16.9 Å². The molecule has 1 aliphatic heterocycles. The van der Waals surface area contributed by atoms with Crippen LogP contribution in [0.5, 0.6) is 5.75 Å². The summed E-state index contributed by atoms with van der Waals surface area (Å²) >= 11 is 1.55. The van der Waals surface area contributed by atoms with Crippen LogP contribution in [-0.2, 0) is 4.79 Å². The van der Waals surface area contributed by atoms with Gasteiger partial charge in [0.15, 0.2) is 0 Å². The predicted octanol–water partition coefficient (Wildman–Crippen LogP) is 3.61. The van der Waals surface area contributed by atoms with Crippen molar-refractivity contribution in [2.24, 2.45) is 0 Å². The number of anilines is 1. The van der Waals surface area contributed by atoms with Crippen LogP contribution in [-0.4, -0.2) is 18.8 Å². The van der Waals surface area contributed by atoms with Crippen LogP contribution in [0.15, 0.2) is 48.5 Å². The second-order valence-corrected chi connectivity index (χ2v) is 5.75. The molecular formula is C16H14FNO2S. The van der Waals surface area contributed by atoms with Crippen molar-refractivity contribution in [2.75, 3.05) is 17.8 Å². The molecule has 1 amide bonds. The van der Waals surface area contributed by atoms with Crippen LogP contribution in [0.2, 0.25) is 0 Å². The molecular weight excluding hydrogens is 289 g/mol. The van der Waals surface area contributed by atoms with E-state index in [1.165, 1.54) is 12.1 Å². The van der Waals surface area contributed by atoms with E-state index >= 15 is 0 Å². The summed E-state index contributed by atoms with van der Waals surface area (Å²) < 4.78 is 18.2. The average molecular weight is 303 g/mol. The van der Waals surface area contributed by atoms with Crippen LogP contribution >= 0.6 is 11.8 Å². The molecule has 0 radical (unpaired) electrons. The van der Waals surface area contributed by atoms with E-state index in [0.717, 1.165) is 17.0 Å². The Morgan fingerprint density at radius 1 is 1.14 bits per heavy atom. The molecule has 0 aliphatic carbocycles. The van der Waals surface area contributed by atoms with E-state index in [4.69, 9.17) is 4.74 Å². The molecule has 0 aromatic heterocycles. The molecule has 0 spiro atoms. The van der Waals surface area contributed by atoms with Crippen molar-refractivity contribution in [1.82, 2.24) is 0 Å². The second kappa shape index (κ2) is 5.77. The van der Waals surface area contributed by atoms with Crippen LogP contribution in [0.3, 0.4) is 0 Å². The van der Waals surface area contributed by atoms with Gasteiger partial charge in [0, 0.05) is 5.69 Å². The number of nitrogens with zero attached hydrogens (tertiary/aromatic N) is 1. The first-order valence-electron chi connectivity index (χ1n) is 6.52. The standard InChI is InChI=1S/C16H14FNO2S/c1-20-14-8-6-13(7-9-14)18-15(19)10-21-16(18)11-2-4-12(17)5-3-11/h2-9,16H,10H2,1H3/t16-/m0/s1. The zero-order valence-electron chi connectivity index (χ0n) is 11.5. The molecule has 1 saturated heterocycles. The van der Waals surface area contributed by atoms with Gasteiger partial charge < -0.3 is 4.74 Å². The normalized spacial score (nSPS) is 18.1. The highest BCUT2D eigenvalue weighted by Gasteiger charge is 2.33. The third-order valence-electron chi connectivity index (χ3n) is 3.37. The molecule has 2 aromatic carbocycles. The summed E-state index contributed by atoms with van der Waals surface area (Å²) in [5, 5.41) is -0.119. The molecule has 21 heavy (non-hydrogen) atoms. The van der Waals surface area contributed by atoms with Gasteiger partial charge in [0.2, 0.25) is 5.91 Å². The molecule has 0 bridgehead atoms. The van der Waals surface area contributed by atoms with E-state index < -0.39 is 0 Å². The van der Waals surface area contributed by atoms with Crippen molar-refractivity contribution in [3.63, 3.8) is 0 Å². The lowest BCUT2D eigenvalue weighted by Crippen LogP contribution is -2.27. The van der Waals surface area contributed by atoms with Crippen LogP contribution < -0.4 is 9.64 Å². The highest BCUT2D eigenvalue weighted by molar-refractivity contribution is 8.00. The molecule has 2 aromatic rings. The number of thioether (sulfide) groups is 1. The van der Waals surface area contributed by atoms with E-state index in [1.54, 1.807) is 35.9 Å². The van der Waals surface area contributed by atoms with Gasteiger partial charge in [-0.15, -0.1) is 11.8 Å². The lowest BCUT2D eigenvalue weighted by Gasteiger charge is -2.24. The average Bonchev–Trinajstić information content (AvgIpc) is 2.90. The fourth-order valence-electron chi connectivity index (χ4n) is 2.32. The van der Waals surface area contributed by atoms with Crippen molar-refractivity contribution < 1.29 is 13.9 Å². The molecule has 108 valence electrons. The van der Waals surface area contributed by atoms with E-state index in [-0.39, 0.29) is 17.1 Å². The first kappa shape index (κ1) is 13.9. The Morgan fingerprint density at radius 3 is 2.43 bits per heavy atom. The molecule has 0 unspecified atom stereocenters. The van der Waals surface area contributed by atoms with E-state index in [9.17, 15) is 9.18 Å². The van der Waals surface area contributed by atoms with Crippen LogP contribution in [0, 0.1) is 5.82 Å². The Bertz CT molecular complexity index is 642. The summed E-state index contributed by atoms with van der Waals surface area (Å²) in [6.07, 6.45) is 0. The lowest BCUT2D eigenvalue weighted by atomic mass is 10.2. The fourth-order valence-corrected chi connectivity index (χ4v) is 3.50. The number of carbonyl (C=O) groups excluding carboxylic acids is 1. The quantitative estimate of drug-likeness (QED) is 0.867. The third kappa shape index (κ3) is 2.74. The first-order valence-corrected chi connectivity index (χ1v) is 7.57. The minimum atomic E-state index is -0.274. The Labute approximate surface area is 126 Å². The molecule has 5 heteroatoms. The summed E-state index contributed by atoms with van der Waals surface area (Å²) in [4.78, 5) is 13.9. The molecule has 3 rings (SSSR count). The summed E-state index contributed by atoms with van der Waals surface area (Å²) in [6.45, 7) is 0. The number of amides is 1. The number of benzene rings is 2. The van der Waals surface area contributed by atoms with Gasteiger partial charge in [0.25, 0.3) is 0 Å². The van der Waals surface area contributed by atoms with Crippen molar-refractivity contribution in [1.29, 1.82) is 0 Å². The predicted molar refractivity (Wildman–Crippen MR) is 82.1 cm³/mol. The van der Waals surface area contributed by atoms with Crippen LogP contribution in [0.25, 0.3) is 0 Å². The Hall–Kier alpha value is -2.01. The van der Waals surface area contributed by atoms with E-state index in [1.807, 2.05) is 24.3 Å². The van der Waals surface area contributed by atoms with Gasteiger partial charge >= 0.3 is 0 Å². The number of carbonyl (C=O) groups is 1. The maximum absolute atomic E-state index is 13.1. The SMILES string of the molecule is COc1ccc(N2C(=O)CS[C@H]2c2ccc(F)cc2)cc1. The summed E-state index contributed by atoms with van der Waals surface area (Å²) in [5.41, 5.74) is 1.74. The van der Waals surface area contributed by atoms with Crippen molar-refractivity contribution in [2.45, 2.75) is 5.37 Å². The first-order chi connectivity index (χ1) is 10.2. The lowest BCUT2D eigenvalue weighted by molar-refractivity contribution is -0.115. The Kier molecular flexibility index (Phi) is 3.84. The van der Waals surface area contributed by atoms with Crippen molar-refractivity contribution >= 4 is 23.4 Å².